The molecule has 0 heterocycles. The Hall–Kier alpha value is -3.74. The zero-order valence-corrected chi connectivity index (χ0v) is 12.8. The smallest absolute Gasteiger partial charge is 0.270 e. The standard InChI is InChI=1S/C18H12N2O5/c21-17(15-8-7-14(20(24)25)10-16(15)18(22)23)19-13-6-5-11-3-1-2-4-12(11)9-13/h1-10H,(H,19,21)(H,22,23)/p-1. The Kier molecular flexibility index (Phi) is 4.13. The summed E-state index contributed by atoms with van der Waals surface area (Å²) in [4.78, 5) is 33.6. The maximum absolute atomic E-state index is 12.4. The van der Waals surface area contributed by atoms with E-state index in [4.69, 9.17) is 0 Å². The van der Waals surface area contributed by atoms with E-state index in [1.54, 1.807) is 12.1 Å². The molecule has 124 valence electrons. The first-order chi connectivity index (χ1) is 12.0. The Bertz CT molecular complexity index is 1010. The van der Waals surface area contributed by atoms with Crippen molar-refractivity contribution in [2.75, 3.05) is 5.32 Å². The van der Waals surface area contributed by atoms with Crippen molar-refractivity contribution in [3.8, 4) is 0 Å². The molecule has 3 rings (SSSR count). The molecule has 3 aromatic carbocycles. The van der Waals surface area contributed by atoms with Crippen LogP contribution in [0.5, 0.6) is 0 Å². The second-order valence-electron chi connectivity index (χ2n) is 5.29. The van der Waals surface area contributed by atoms with Gasteiger partial charge in [-0.1, -0.05) is 30.3 Å². The first-order valence-electron chi connectivity index (χ1n) is 7.25. The molecule has 1 N–H and O–H groups in total. The van der Waals surface area contributed by atoms with Crippen LogP contribution in [0.4, 0.5) is 11.4 Å². The van der Waals surface area contributed by atoms with Gasteiger partial charge in [0.05, 0.1) is 10.9 Å². The molecule has 0 unspecified atom stereocenters. The minimum absolute atomic E-state index is 0.209. The fraction of sp³-hybridized carbons (Fsp3) is 0. The van der Waals surface area contributed by atoms with E-state index in [-0.39, 0.29) is 5.56 Å². The normalized spacial score (nSPS) is 10.4. The van der Waals surface area contributed by atoms with Gasteiger partial charge in [0.1, 0.15) is 0 Å². The van der Waals surface area contributed by atoms with E-state index in [9.17, 15) is 24.8 Å². The summed E-state index contributed by atoms with van der Waals surface area (Å²) in [6, 6.07) is 15.8. The van der Waals surface area contributed by atoms with E-state index in [1.807, 2.05) is 30.3 Å². The molecule has 25 heavy (non-hydrogen) atoms. The average Bonchev–Trinajstić information content (AvgIpc) is 2.60. The van der Waals surface area contributed by atoms with Crippen molar-refractivity contribution in [3.05, 3.63) is 81.9 Å². The van der Waals surface area contributed by atoms with Gasteiger partial charge in [-0.2, -0.15) is 0 Å². The van der Waals surface area contributed by atoms with Crippen LogP contribution in [0.25, 0.3) is 10.8 Å². The van der Waals surface area contributed by atoms with Crippen molar-refractivity contribution in [1.82, 2.24) is 0 Å². The highest BCUT2D eigenvalue weighted by atomic mass is 16.6. The number of anilines is 1. The second-order valence-corrected chi connectivity index (χ2v) is 5.29. The van der Waals surface area contributed by atoms with Crippen LogP contribution >= 0.6 is 0 Å². The number of rotatable bonds is 4. The van der Waals surface area contributed by atoms with Crippen LogP contribution in [0.2, 0.25) is 0 Å². The molecule has 3 aromatic rings. The van der Waals surface area contributed by atoms with E-state index < -0.39 is 28.1 Å². The SMILES string of the molecule is O=C([O-])c1cc([N+](=O)[O-])ccc1C(=O)Nc1ccc2ccccc2c1. The summed E-state index contributed by atoms with van der Waals surface area (Å²) >= 11 is 0. The monoisotopic (exact) mass is 335 g/mol. The van der Waals surface area contributed by atoms with Crippen molar-refractivity contribution < 1.29 is 19.6 Å². The number of carbonyl (C=O) groups excluding carboxylic acids is 2. The maximum atomic E-state index is 12.4. The molecule has 0 aliphatic carbocycles. The van der Waals surface area contributed by atoms with Crippen molar-refractivity contribution in [2.45, 2.75) is 0 Å². The average molecular weight is 335 g/mol. The second kappa shape index (κ2) is 6.40. The van der Waals surface area contributed by atoms with Gasteiger partial charge in [-0.15, -0.1) is 0 Å². The molecule has 0 aliphatic heterocycles. The molecule has 7 heteroatoms. The summed E-state index contributed by atoms with van der Waals surface area (Å²) in [5, 5.41) is 26.5. The fourth-order valence-electron chi connectivity index (χ4n) is 2.48. The third-order valence-corrected chi connectivity index (χ3v) is 3.69. The number of carbonyl (C=O) groups is 2. The third kappa shape index (κ3) is 3.30. The molecule has 0 fully saturated rings. The van der Waals surface area contributed by atoms with Crippen LogP contribution in [0.1, 0.15) is 20.7 Å². The first-order valence-corrected chi connectivity index (χ1v) is 7.25. The molecule has 1 amide bonds. The van der Waals surface area contributed by atoms with Crippen LogP contribution in [0.3, 0.4) is 0 Å². The van der Waals surface area contributed by atoms with Gasteiger partial charge < -0.3 is 15.2 Å². The number of nitro benzene ring substituents is 1. The number of benzene rings is 3. The highest BCUT2D eigenvalue weighted by Crippen LogP contribution is 2.22. The van der Waals surface area contributed by atoms with Gasteiger partial charge in [0.25, 0.3) is 11.6 Å². The van der Waals surface area contributed by atoms with E-state index in [2.05, 4.69) is 5.32 Å². The number of nitrogens with zero attached hydrogens (tertiary/aromatic N) is 1. The van der Waals surface area contributed by atoms with Crippen molar-refractivity contribution in [3.63, 3.8) is 0 Å². The zero-order valence-electron chi connectivity index (χ0n) is 12.8. The number of hydrogen-bond acceptors (Lipinski definition) is 5. The Morgan fingerprint density at radius 3 is 2.28 bits per heavy atom. The van der Waals surface area contributed by atoms with Crippen molar-refractivity contribution in [1.29, 1.82) is 0 Å². The van der Waals surface area contributed by atoms with Gasteiger partial charge in [0.2, 0.25) is 0 Å². The number of carboxylic acid groups (broad SMARTS) is 1. The topological polar surface area (TPSA) is 112 Å². The maximum Gasteiger partial charge on any atom is 0.270 e. The molecule has 0 bridgehead atoms. The molecule has 0 radical (unpaired) electrons. The van der Waals surface area contributed by atoms with Gasteiger partial charge in [-0.25, -0.2) is 0 Å². The lowest BCUT2D eigenvalue weighted by Crippen LogP contribution is -2.26. The Labute approximate surface area is 141 Å². The van der Waals surface area contributed by atoms with Crippen LogP contribution < -0.4 is 10.4 Å². The number of carboxylic acids is 1. The lowest BCUT2D eigenvalue weighted by molar-refractivity contribution is -0.385. The Balaban J connectivity index is 1.94. The van der Waals surface area contributed by atoms with Crippen molar-refractivity contribution >= 4 is 34.0 Å². The van der Waals surface area contributed by atoms with Gasteiger partial charge in [0.15, 0.2) is 0 Å². The molecule has 0 aliphatic rings. The number of nitro groups is 1. The highest BCUT2D eigenvalue weighted by molar-refractivity contribution is 6.11. The van der Waals surface area contributed by atoms with Crippen LogP contribution in [0.15, 0.2) is 60.7 Å². The van der Waals surface area contributed by atoms with Gasteiger partial charge >= 0.3 is 0 Å². The lowest BCUT2D eigenvalue weighted by Gasteiger charge is -2.11. The summed E-state index contributed by atoms with van der Waals surface area (Å²) in [6.45, 7) is 0. The molecule has 0 atom stereocenters. The fourth-order valence-corrected chi connectivity index (χ4v) is 2.48. The van der Waals surface area contributed by atoms with Crippen LogP contribution in [-0.2, 0) is 0 Å². The van der Waals surface area contributed by atoms with Crippen molar-refractivity contribution in [2.24, 2.45) is 0 Å². The molecule has 0 spiro atoms. The van der Waals surface area contributed by atoms with E-state index in [1.165, 1.54) is 0 Å². The molecule has 7 nitrogen and oxygen atoms in total. The molecule has 0 aromatic heterocycles. The summed E-state index contributed by atoms with van der Waals surface area (Å²) in [5.74, 6) is -2.35. The van der Waals surface area contributed by atoms with Crippen LogP contribution in [0, 0.1) is 10.1 Å². The number of nitrogens with one attached hydrogen (secondary N) is 1. The number of hydrogen-bond donors (Lipinski definition) is 1. The van der Waals surface area contributed by atoms with E-state index in [0.717, 1.165) is 29.0 Å². The van der Waals surface area contributed by atoms with Gasteiger partial charge in [0, 0.05) is 28.9 Å². The van der Waals surface area contributed by atoms with E-state index in [0.29, 0.717) is 5.69 Å². The minimum Gasteiger partial charge on any atom is -0.545 e. The predicted octanol–water partition coefficient (Wildman–Crippen LogP) is 2.36. The zero-order chi connectivity index (χ0) is 18.0. The first kappa shape index (κ1) is 16.1. The number of fused-ring (bicyclic) bond motifs is 1. The van der Waals surface area contributed by atoms with Gasteiger partial charge in [-0.3, -0.25) is 14.9 Å². The Morgan fingerprint density at radius 2 is 1.60 bits per heavy atom. The van der Waals surface area contributed by atoms with Gasteiger partial charge in [-0.05, 0) is 29.0 Å². The molecular weight excluding hydrogens is 324 g/mol. The van der Waals surface area contributed by atoms with E-state index >= 15 is 0 Å². The van der Waals surface area contributed by atoms with Crippen LogP contribution in [-0.4, -0.2) is 16.8 Å². The quantitative estimate of drug-likeness (QED) is 0.581. The highest BCUT2D eigenvalue weighted by Gasteiger charge is 2.17. The minimum atomic E-state index is -1.66. The molecule has 0 saturated carbocycles. The lowest BCUT2D eigenvalue weighted by atomic mass is 10.1. The number of amides is 1. The molecule has 0 saturated heterocycles. The largest absolute Gasteiger partial charge is 0.545 e. The summed E-state index contributed by atoms with van der Waals surface area (Å²) < 4.78 is 0. The predicted molar refractivity (Wildman–Crippen MR) is 89.3 cm³/mol. The number of non-ortho nitro benzene ring substituents is 1. The Morgan fingerprint density at radius 1 is 0.880 bits per heavy atom. The third-order valence-electron chi connectivity index (χ3n) is 3.69. The summed E-state index contributed by atoms with van der Waals surface area (Å²) in [5.41, 5.74) is -0.695. The summed E-state index contributed by atoms with van der Waals surface area (Å²) in [6.07, 6.45) is 0. The summed E-state index contributed by atoms with van der Waals surface area (Å²) in [7, 11) is 0. The molecular formula is C18H11N2O5-. The number of aromatic carboxylic acids is 1.